The minimum absolute atomic E-state index is 0.0441. The molecule has 0 atom stereocenters. The maximum absolute atomic E-state index is 12.2. The molecule has 5 nitrogen and oxygen atoms in total. The molecule has 0 aromatic heterocycles. The Kier molecular flexibility index (Phi) is 5.10. The third kappa shape index (κ3) is 4.09. The smallest absolute Gasteiger partial charge is 0.255 e. The maximum atomic E-state index is 12.2. The summed E-state index contributed by atoms with van der Waals surface area (Å²) < 4.78 is 23.3. The Bertz CT molecular complexity index is 875. The molecule has 3 N–H and O–H groups in total. The van der Waals surface area contributed by atoms with E-state index < -0.39 is 15.7 Å². The van der Waals surface area contributed by atoms with Crippen molar-refractivity contribution in [1.29, 1.82) is 0 Å². The van der Waals surface area contributed by atoms with E-state index in [1.165, 1.54) is 30.3 Å². The van der Waals surface area contributed by atoms with Gasteiger partial charge >= 0.3 is 0 Å². The van der Waals surface area contributed by atoms with Crippen LogP contribution in [0.5, 0.6) is 0 Å². The maximum Gasteiger partial charge on any atom is 0.255 e. The van der Waals surface area contributed by atoms with Crippen LogP contribution in [0.25, 0.3) is 0 Å². The average Bonchev–Trinajstić information content (AvgIpc) is 2.43. The number of rotatable bonds is 3. The highest BCUT2D eigenvalue weighted by Gasteiger charge is 2.16. The topological polar surface area (TPSA) is 89.3 Å². The fourth-order valence-corrected chi connectivity index (χ4v) is 3.58. The van der Waals surface area contributed by atoms with E-state index in [-0.39, 0.29) is 31.2 Å². The third-order valence-corrected chi connectivity index (χ3v) is 5.13. The Balaban J connectivity index is 2.35. The second-order valence-corrected chi connectivity index (χ2v) is 7.93. The summed E-state index contributed by atoms with van der Waals surface area (Å²) in [6.45, 7) is 0. The van der Waals surface area contributed by atoms with E-state index in [1.807, 2.05) is 0 Å². The second kappa shape index (κ2) is 6.57. The van der Waals surface area contributed by atoms with Gasteiger partial charge in [0.1, 0.15) is 0 Å². The molecule has 23 heavy (non-hydrogen) atoms. The number of hydrogen-bond acceptors (Lipinski definition) is 4. The molecule has 122 valence electrons. The number of nitrogen functional groups attached to an aromatic ring is 1. The minimum atomic E-state index is -3.55. The predicted octanol–water partition coefficient (Wildman–Crippen LogP) is 3.88. The van der Waals surface area contributed by atoms with Crippen molar-refractivity contribution >= 4 is 61.9 Å². The summed E-state index contributed by atoms with van der Waals surface area (Å²) in [6.07, 6.45) is 1.01. The standard InChI is InChI=1S/C14H11Cl3N2O3S/c1-23(21,22)12-4-7(2-3-9(12)15)14(20)19-8-5-10(16)13(18)11(17)6-8/h2-6H,18H2,1H3,(H,19,20). The lowest BCUT2D eigenvalue weighted by Crippen LogP contribution is -2.13. The van der Waals surface area contributed by atoms with E-state index in [1.54, 1.807) is 0 Å². The van der Waals surface area contributed by atoms with Crippen molar-refractivity contribution in [1.82, 2.24) is 0 Å². The summed E-state index contributed by atoms with van der Waals surface area (Å²) in [4.78, 5) is 12.1. The first-order chi connectivity index (χ1) is 10.6. The second-order valence-electron chi connectivity index (χ2n) is 4.73. The summed E-state index contributed by atoms with van der Waals surface area (Å²) in [5, 5.41) is 3.00. The van der Waals surface area contributed by atoms with E-state index >= 15 is 0 Å². The van der Waals surface area contributed by atoms with Crippen LogP contribution in [0, 0.1) is 0 Å². The third-order valence-electron chi connectivity index (χ3n) is 2.93. The Hall–Kier alpha value is -1.47. The van der Waals surface area contributed by atoms with Gasteiger partial charge in [0.25, 0.3) is 5.91 Å². The molecule has 1 amide bonds. The van der Waals surface area contributed by atoms with Crippen LogP contribution >= 0.6 is 34.8 Å². The predicted molar refractivity (Wildman–Crippen MR) is 93.4 cm³/mol. The monoisotopic (exact) mass is 392 g/mol. The number of nitrogens with two attached hydrogens (primary N) is 1. The summed E-state index contributed by atoms with van der Waals surface area (Å²) in [5.41, 5.74) is 6.28. The van der Waals surface area contributed by atoms with Gasteiger partial charge < -0.3 is 11.1 Å². The highest BCUT2D eigenvalue weighted by Crippen LogP contribution is 2.31. The van der Waals surface area contributed by atoms with E-state index in [0.717, 1.165) is 6.26 Å². The normalized spacial score (nSPS) is 11.3. The van der Waals surface area contributed by atoms with Crippen LogP contribution in [0.15, 0.2) is 35.2 Å². The van der Waals surface area contributed by atoms with Crippen LogP contribution in [0.3, 0.4) is 0 Å². The number of benzene rings is 2. The van der Waals surface area contributed by atoms with E-state index in [9.17, 15) is 13.2 Å². The van der Waals surface area contributed by atoms with Crippen LogP contribution in [-0.2, 0) is 9.84 Å². The molecular formula is C14H11Cl3N2O3S. The van der Waals surface area contributed by atoms with E-state index in [4.69, 9.17) is 40.5 Å². The van der Waals surface area contributed by atoms with Gasteiger partial charge in [0.15, 0.2) is 9.84 Å². The Labute approximate surface area is 148 Å². The van der Waals surface area contributed by atoms with Crippen LogP contribution in [-0.4, -0.2) is 20.6 Å². The summed E-state index contributed by atoms with van der Waals surface area (Å²) >= 11 is 17.6. The molecule has 9 heteroatoms. The number of halogens is 3. The molecule has 0 bridgehead atoms. The summed E-state index contributed by atoms with van der Waals surface area (Å²) in [5.74, 6) is -0.538. The number of carbonyl (C=O) groups excluding carboxylic acids is 1. The molecule has 0 saturated heterocycles. The van der Waals surface area contributed by atoms with Gasteiger partial charge in [-0.2, -0.15) is 0 Å². The van der Waals surface area contributed by atoms with Gasteiger partial charge in [-0.05, 0) is 30.3 Å². The van der Waals surface area contributed by atoms with Gasteiger partial charge in [0.2, 0.25) is 0 Å². The number of amides is 1. The first-order valence-electron chi connectivity index (χ1n) is 6.15. The van der Waals surface area contributed by atoms with E-state index in [2.05, 4.69) is 5.32 Å². The van der Waals surface area contributed by atoms with Crippen molar-refractivity contribution in [2.45, 2.75) is 4.90 Å². The molecule has 0 aliphatic carbocycles. The van der Waals surface area contributed by atoms with Gasteiger partial charge in [0, 0.05) is 17.5 Å². The molecule has 0 spiro atoms. The van der Waals surface area contributed by atoms with Gasteiger partial charge in [-0.15, -0.1) is 0 Å². The largest absolute Gasteiger partial charge is 0.396 e. The zero-order chi connectivity index (χ0) is 17.4. The van der Waals surface area contributed by atoms with Crippen LogP contribution < -0.4 is 11.1 Å². The lowest BCUT2D eigenvalue weighted by atomic mass is 10.2. The number of nitrogens with one attached hydrogen (secondary N) is 1. The zero-order valence-electron chi connectivity index (χ0n) is 11.7. The van der Waals surface area contributed by atoms with Crippen LogP contribution in [0.4, 0.5) is 11.4 Å². The summed E-state index contributed by atoms with van der Waals surface area (Å²) in [7, 11) is -3.55. The van der Waals surface area contributed by atoms with Gasteiger partial charge in [-0.25, -0.2) is 8.42 Å². The van der Waals surface area contributed by atoms with Gasteiger partial charge in [-0.1, -0.05) is 34.8 Å². The Morgan fingerprint density at radius 3 is 2.13 bits per heavy atom. The molecule has 0 aliphatic rings. The Morgan fingerprint density at radius 2 is 1.61 bits per heavy atom. The molecule has 0 radical (unpaired) electrons. The molecule has 2 aromatic rings. The molecular weight excluding hydrogens is 383 g/mol. The van der Waals surface area contributed by atoms with Crippen LogP contribution in [0.2, 0.25) is 15.1 Å². The molecule has 0 unspecified atom stereocenters. The molecule has 2 rings (SSSR count). The lowest BCUT2D eigenvalue weighted by Gasteiger charge is -2.10. The van der Waals surface area contributed by atoms with Crippen molar-refractivity contribution in [2.24, 2.45) is 0 Å². The quantitative estimate of drug-likeness (QED) is 0.774. The fraction of sp³-hybridized carbons (Fsp3) is 0.0714. The number of hydrogen-bond donors (Lipinski definition) is 2. The first-order valence-corrected chi connectivity index (χ1v) is 9.17. The molecule has 0 fully saturated rings. The highest BCUT2D eigenvalue weighted by atomic mass is 35.5. The van der Waals surface area contributed by atoms with Crippen molar-refractivity contribution < 1.29 is 13.2 Å². The van der Waals surface area contributed by atoms with Crippen molar-refractivity contribution in [3.63, 3.8) is 0 Å². The molecule has 2 aromatic carbocycles. The van der Waals surface area contributed by atoms with Crippen molar-refractivity contribution in [2.75, 3.05) is 17.3 Å². The molecule has 0 aliphatic heterocycles. The van der Waals surface area contributed by atoms with Crippen molar-refractivity contribution in [3.05, 3.63) is 51.0 Å². The number of sulfone groups is 1. The van der Waals surface area contributed by atoms with Crippen molar-refractivity contribution in [3.8, 4) is 0 Å². The fourth-order valence-electron chi connectivity index (χ4n) is 1.79. The molecule has 0 heterocycles. The highest BCUT2D eigenvalue weighted by molar-refractivity contribution is 7.90. The average molecular weight is 394 g/mol. The molecule has 0 saturated carbocycles. The summed E-state index contributed by atoms with van der Waals surface area (Å²) in [6, 6.07) is 6.83. The van der Waals surface area contributed by atoms with Gasteiger partial charge in [-0.3, -0.25) is 4.79 Å². The zero-order valence-corrected chi connectivity index (χ0v) is 14.8. The lowest BCUT2D eigenvalue weighted by molar-refractivity contribution is 0.102. The van der Waals surface area contributed by atoms with Gasteiger partial charge in [0.05, 0.1) is 25.7 Å². The van der Waals surface area contributed by atoms with E-state index in [0.29, 0.717) is 5.69 Å². The first kappa shape index (κ1) is 17.9. The number of carbonyl (C=O) groups is 1. The number of anilines is 2. The van der Waals surface area contributed by atoms with Crippen LogP contribution in [0.1, 0.15) is 10.4 Å². The SMILES string of the molecule is CS(=O)(=O)c1cc(C(=O)Nc2cc(Cl)c(N)c(Cl)c2)ccc1Cl. The minimum Gasteiger partial charge on any atom is -0.396 e. The Morgan fingerprint density at radius 1 is 1.04 bits per heavy atom.